The summed E-state index contributed by atoms with van der Waals surface area (Å²) < 4.78 is 11.4. The average molecular weight is 189 g/mol. The first-order valence-corrected chi connectivity index (χ1v) is 5.02. The van der Waals surface area contributed by atoms with Gasteiger partial charge in [-0.3, -0.25) is 0 Å². The van der Waals surface area contributed by atoms with Crippen LogP contribution in [0, 0.1) is 0 Å². The van der Waals surface area contributed by atoms with Gasteiger partial charge in [-0.05, 0) is 0 Å². The Labute approximate surface area is 62.7 Å². The molecule has 1 unspecified atom stereocenters. The number of hydrogen-bond acceptors (Lipinski definition) is 5. The quantitative estimate of drug-likeness (QED) is 0.286. The summed E-state index contributed by atoms with van der Waals surface area (Å²) in [5.41, 5.74) is 0. The van der Waals surface area contributed by atoms with E-state index in [4.69, 9.17) is 8.78 Å². The van der Waals surface area contributed by atoms with E-state index in [-0.39, 0.29) is 0 Å². The molecule has 1 atom stereocenters. The molecule has 0 bridgehead atoms. The zero-order chi connectivity index (χ0) is 7.91. The Bertz CT molecular complexity index is 62.0. The molecule has 0 aromatic carbocycles. The third kappa shape index (κ3) is 8.44. The van der Waals surface area contributed by atoms with Crippen molar-refractivity contribution < 1.29 is 40.8 Å². The molecule has 0 aliphatic carbocycles. The molecule has 0 saturated heterocycles. The monoisotopic (exact) mass is 189 g/mol. The summed E-state index contributed by atoms with van der Waals surface area (Å²) in [4.78, 5) is 10.2. The van der Waals surface area contributed by atoms with Crippen molar-refractivity contribution in [2.24, 2.45) is 0 Å². The van der Waals surface area contributed by atoms with Crippen LogP contribution in [0.2, 0.25) is 6.55 Å². The summed E-state index contributed by atoms with van der Waals surface area (Å²) in [5, 5.41) is 17.3. The average Bonchev–Trinajstić information content (AvgIpc) is 1.93. The first-order valence-electron chi connectivity index (χ1n) is 1.93. The summed E-state index contributed by atoms with van der Waals surface area (Å²) in [6, 6.07) is 0. The number of aliphatic hydroxyl groups is 1. The van der Waals surface area contributed by atoms with E-state index in [1.807, 2.05) is 0 Å². The van der Waals surface area contributed by atoms with Crippen LogP contribution < -0.4 is 10.1 Å². The minimum absolute atomic E-state index is 0.656. The standard InChI is InChI=1S/C2H7O4Si.O.V/c1-7(5,2-3)6-4;;/h3-4H,2H2,1H3;;/q-1;;+2/p-1. The zero-order valence-corrected chi connectivity index (χ0v) is 7.13. The Balaban J connectivity index is 0. The first-order chi connectivity index (χ1) is 4.12. The van der Waals surface area contributed by atoms with E-state index in [2.05, 4.69) is 4.58 Å². The van der Waals surface area contributed by atoms with Crippen molar-refractivity contribution in [3.05, 3.63) is 0 Å². The molecule has 1 N–H and O–H groups in total. The normalized spacial score (nSPS) is 15.3. The second-order valence-corrected chi connectivity index (χ2v) is 4.13. The van der Waals surface area contributed by atoms with Crippen molar-refractivity contribution in [2.45, 2.75) is 6.55 Å². The fourth-order valence-corrected chi connectivity index (χ4v) is 0.0791. The van der Waals surface area contributed by atoms with Crippen molar-refractivity contribution in [1.29, 1.82) is 0 Å². The molecule has 0 rings (SSSR count). The van der Waals surface area contributed by atoms with Gasteiger partial charge in [0.25, 0.3) is 0 Å². The van der Waals surface area contributed by atoms with Gasteiger partial charge < -0.3 is 19.7 Å². The molecule has 53 valence electrons. The third-order valence-electron chi connectivity index (χ3n) is 0.463. The molecule has 0 spiro atoms. The minimum atomic E-state index is -3.40. The predicted molar refractivity (Wildman–Crippen MR) is 20.5 cm³/mol. The third-order valence-corrected chi connectivity index (χ3v) is 1.39. The molecule has 5 nitrogen and oxygen atoms in total. The second-order valence-electron chi connectivity index (χ2n) is 1.38. The van der Waals surface area contributed by atoms with Crippen molar-refractivity contribution in [3.63, 3.8) is 0 Å². The summed E-state index contributed by atoms with van der Waals surface area (Å²) in [7, 11) is -3.40. The summed E-state index contributed by atoms with van der Waals surface area (Å²) in [6.07, 6.45) is -0.656. The van der Waals surface area contributed by atoms with Gasteiger partial charge >= 0.3 is 21.0 Å². The van der Waals surface area contributed by atoms with Crippen molar-refractivity contribution in [3.8, 4) is 0 Å². The van der Waals surface area contributed by atoms with Crippen LogP contribution in [0.1, 0.15) is 0 Å². The van der Waals surface area contributed by atoms with E-state index in [0.717, 1.165) is 23.9 Å². The van der Waals surface area contributed by atoms with Gasteiger partial charge in [-0.2, -0.15) is 0 Å². The van der Waals surface area contributed by atoms with E-state index in [0.29, 0.717) is 0 Å². The Morgan fingerprint density at radius 2 is 2.11 bits per heavy atom. The van der Waals surface area contributed by atoms with Gasteiger partial charge in [-0.1, -0.05) is 6.55 Å². The summed E-state index contributed by atoms with van der Waals surface area (Å²) >= 11 is 1.06. The summed E-state index contributed by atoms with van der Waals surface area (Å²) in [6.45, 7) is 1.10. The van der Waals surface area contributed by atoms with Crippen LogP contribution >= 0.6 is 0 Å². The van der Waals surface area contributed by atoms with Gasteiger partial charge in [0.15, 0.2) is 0 Å². The van der Waals surface area contributed by atoms with Crippen LogP contribution in [-0.2, 0) is 25.6 Å². The van der Waals surface area contributed by atoms with Crippen LogP contribution in [0.3, 0.4) is 0 Å². The maximum absolute atomic E-state index is 10.2. The first kappa shape index (κ1) is 12.1. The Morgan fingerprint density at radius 1 is 1.78 bits per heavy atom. The van der Waals surface area contributed by atoms with Gasteiger partial charge in [-0.15, -0.1) is 0 Å². The molecule has 7 heteroatoms. The molecule has 0 aromatic rings. The van der Waals surface area contributed by atoms with Crippen LogP contribution in [0.5, 0.6) is 0 Å². The van der Waals surface area contributed by atoms with Crippen molar-refractivity contribution in [2.75, 3.05) is 6.23 Å². The van der Waals surface area contributed by atoms with E-state index >= 15 is 0 Å². The molecule has 0 amide bonds. The molecular formula is C2H6O5SiV. The zero-order valence-electron chi connectivity index (χ0n) is 4.73. The molecular weight excluding hydrogens is 183 g/mol. The van der Waals surface area contributed by atoms with Gasteiger partial charge in [0.2, 0.25) is 0 Å². The van der Waals surface area contributed by atoms with Crippen molar-refractivity contribution >= 4 is 8.56 Å². The molecule has 0 aromatic heterocycles. The molecule has 0 heterocycles. The molecule has 0 aliphatic rings. The van der Waals surface area contributed by atoms with Crippen LogP contribution in [-0.4, -0.2) is 19.9 Å². The number of hydrogen-bond donors (Lipinski definition) is 1. The van der Waals surface area contributed by atoms with E-state index < -0.39 is 14.8 Å². The van der Waals surface area contributed by atoms with Gasteiger partial charge in [-0.25, -0.2) is 0 Å². The second kappa shape index (κ2) is 6.56. The van der Waals surface area contributed by atoms with Crippen LogP contribution in [0.15, 0.2) is 0 Å². The number of aliphatic hydroxyl groups excluding tert-OH is 1. The molecule has 0 radical (unpaired) electrons. The fraction of sp³-hybridized carbons (Fsp3) is 1.00. The maximum atomic E-state index is 10.2. The van der Waals surface area contributed by atoms with Gasteiger partial charge in [0, 0.05) is 6.23 Å². The SMILES string of the molecule is C[Si]([O-])(CO)O[O-].[O]=[V+2]. The molecule has 0 aliphatic heterocycles. The predicted octanol–water partition coefficient (Wildman–Crippen LogP) is -2.88. The summed E-state index contributed by atoms with van der Waals surface area (Å²) in [5.74, 6) is 0. The topological polar surface area (TPSA) is 92.7 Å². The van der Waals surface area contributed by atoms with Gasteiger partial charge in [0.05, 0.1) is 0 Å². The molecule has 0 saturated carbocycles. The van der Waals surface area contributed by atoms with Crippen LogP contribution in [0.4, 0.5) is 0 Å². The Morgan fingerprint density at radius 3 is 2.11 bits per heavy atom. The Hall–Kier alpha value is 0.441. The van der Waals surface area contributed by atoms with E-state index in [9.17, 15) is 10.1 Å². The van der Waals surface area contributed by atoms with Gasteiger partial charge in [0.1, 0.15) is 8.56 Å². The van der Waals surface area contributed by atoms with E-state index in [1.54, 1.807) is 0 Å². The Kier molecular flexibility index (Phi) is 8.86. The fourth-order valence-electron chi connectivity index (χ4n) is 0.0264. The molecule has 9 heavy (non-hydrogen) atoms. The number of rotatable bonds is 2. The van der Waals surface area contributed by atoms with E-state index in [1.165, 1.54) is 0 Å². The molecule has 0 fully saturated rings. The van der Waals surface area contributed by atoms with Crippen LogP contribution in [0.25, 0.3) is 0 Å². The van der Waals surface area contributed by atoms with Crippen molar-refractivity contribution in [1.82, 2.24) is 0 Å².